The van der Waals surface area contributed by atoms with Crippen LogP contribution in [0, 0.1) is 5.41 Å². The SMILES string of the molecule is CCCC(OC(=O)OCC)OC(=O)[C@H](O)C(C)(C)COS(=O)(=O)CCCNC(C)=O. The Hall–Kier alpha value is -1.92. The predicted molar refractivity (Wildman–Crippen MR) is 106 cm³/mol. The molecule has 0 spiro atoms. The van der Waals surface area contributed by atoms with E-state index in [2.05, 4.69) is 10.1 Å². The molecule has 176 valence electrons. The van der Waals surface area contributed by atoms with Crippen LogP contribution in [0.25, 0.3) is 0 Å². The monoisotopic (exact) mass is 455 g/mol. The van der Waals surface area contributed by atoms with Gasteiger partial charge in [-0.3, -0.25) is 8.98 Å². The number of rotatable bonds is 14. The van der Waals surface area contributed by atoms with Crippen molar-refractivity contribution in [2.75, 3.05) is 25.5 Å². The molecule has 0 aliphatic rings. The molecule has 0 saturated heterocycles. The maximum absolute atomic E-state index is 12.3. The quantitative estimate of drug-likeness (QED) is 0.168. The number of nitrogens with one attached hydrogen (secondary N) is 1. The first kappa shape index (κ1) is 28.1. The molecule has 1 unspecified atom stereocenters. The summed E-state index contributed by atoms with van der Waals surface area (Å²) in [7, 11) is -3.93. The zero-order chi connectivity index (χ0) is 23.4. The molecule has 0 aromatic heterocycles. The van der Waals surface area contributed by atoms with Crippen LogP contribution in [-0.2, 0) is 38.1 Å². The molecule has 0 aliphatic carbocycles. The summed E-state index contributed by atoms with van der Waals surface area (Å²) in [6.45, 7) is 7.30. The molecule has 0 radical (unpaired) electrons. The van der Waals surface area contributed by atoms with Crippen molar-refractivity contribution in [1.82, 2.24) is 5.32 Å². The Balaban J connectivity index is 4.76. The first-order valence-corrected chi connectivity index (χ1v) is 11.3. The molecule has 11 nitrogen and oxygen atoms in total. The third kappa shape index (κ3) is 11.9. The smallest absolute Gasteiger partial charge is 0.435 e. The van der Waals surface area contributed by atoms with Gasteiger partial charge in [-0.15, -0.1) is 0 Å². The minimum atomic E-state index is -3.93. The first-order valence-electron chi connectivity index (χ1n) is 9.68. The van der Waals surface area contributed by atoms with Gasteiger partial charge < -0.3 is 24.6 Å². The molecule has 2 atom stereocenters. The molecular formula is C18H33NO10S. The van der Waals surface area contributed by atoms with Crippen LogP contribution in [0.5, 0.6) is 0 Å². The lowest BCUT2D eigenvalue weighted by molar-refractivity contribution is -0.188. The maximum atomic E-state index is 12.3. The highest BCUT2D eigenvalue weighted by molar-refractivity contribution is 7.86. The fourth-order valence-corrected chi connectivity index (χ4v) is 3.14. The minimum absolute atomic E-state index is 0.0813. The van der Waals surface area contributed by atoms with Crippen LogP contribution in [0.1, 0.15) is 53.9 Å². The van der Waals surface area contributed by atoms with Crippen LogP contribution >= 0.6 is 0 Å². The Bertz CT molecular complexity index is 662. The van der Waals surface area contributed by atoms with Crippen molar-refractivity contribution >= 4 is 28.1 Å². The summed E-state index contributed by atoms with van der Waals surface area (Å²) in [5.74, 6) is -1.70. The van der Waals surface area contributed by atoms with E-state index in [9.17, 15) is 27.9 Å². The Morgan fingerprint density at radius 2 is 1.77 bits per heavy atom. The van der Waals surface area contributed by atoms with E-state index in [1.165, 1.54) is 20.8 Å². The van der Waals surface area contributed by atoms with E-state index in [0.717, 1.165) is 0 Å². The maximum Gasteiger partial charge on any atom is 0.511 e. The summed E-state index contributed by atoms with van der Waals surface area (Å²) in [6.07, 6.45) is -3.13. The van der Waals surface area contributed by atoms with Crippen LogP contribution in [0.4, 0.5) is 4.79 Å². The second-order valence-corrected chi connectivity index (χ2v) is 8.97. The summed E-state index contributed by atoms with van der Waals surface area (Å²) < 4.78 is 43.4. The topological polar surface area (TPSA) is 155 Å². The average molecular weight is 456 g/mol. The van der Waals surface area contributed by atoms with Crippen molar-refractivity contribution in [3.63, 3.8) is 0 Å². The molecule has 0 rings (SSSR count). The summed E-state index contributed by atoms with van der Waals surface area (Å²) in [6, 6.07) is 0. The lowest BCUT2D eigenvalue weighted by Crippen LogP contribution is -2.43. The third-order valence-electron chi connectivity index (χ3n) is 3.78. The largest absolute Gasteiger partial charge is 0.511 e. The van der Waals surface area contributed by atoms with Gasteiger partial charge in [0.2, 0.25) is 5.91 Å². The van der Waals surface area contributed by atoms with Gasteiger partial charge in [0.25, 0.3) is 16.4 Å². The van der Waals surface area contributed by atoms with E-state index in [4.69, 9.17) is 13.7 Å². The van der Waals surface area contributed by atoms with Crippen LogP contribution < -0.4 is 5.32 Å². The molecule has 0 aromatic carbocycles. The lowest BCUT2D eigenvalue weighted by atomic mass is 9.87. The molecule has 0 heterocycles. The number of carbonyl (C=O) groups is 3. The number of hydrogen-bond acceptors (Lipinski definition) is 10. The van der Waals surface area contributed by atoms with Crippen molar-refractivity contribution in [2.24, 2.45) is 5.41 Å². The van der Waals surface area contributed by atoms with Crippen molar-refractivity contribution in [1.29, 1.82) is 0 Å². The summed E-state index contributed by atoms with van der Waals surface area (Å²) in [4.78, 5) is 34.5. The lowest BCUT2D eigenvalue weighted by Gasteiger charge is -2.29. The van der Waals surface area contributed by atoms with E-state index in [1.807, 2.05) is 0 Å². The molecule has 2 N–H and O–H groups in total. The fraction of sp³-hybridized carbons (Fsp3) is 0.833. The Morgan fingerprint density at radius 1 is 1.13 bits per heavy atom. The van der Waals surface area contributed by atoms with E-state index in [0.29, 0.717) is 6.42 Å². The highest BCUT2D eigenvalue weighted by atomic mass is 32.2. The zero-order valence-corrected chi connectivity index (χ0v) is 19.0. The molecular weight excluding hydrogens is 422 g/mol. The normalized spacial score (nSPS) is 13.8. The second kappa shape index (κ2) is 13.4. The van der Waals surface area contributed by atoms with Crippen molar-refractivity contribution in [3.8, 4) is 0 Å². The summed E-state index contributed by atoms with van der Waals surface area (Å²) >= 11 is 0. The van der Waals surface area contributed by atoms with Gasteiger partial charge >= 0.3 is 12.1 Å². The van der Waals surface area contributed by atoms with Gasteiger partial charge in [-0.05, 0) is 19.8 Å². The molecule has 0 fully saturated rings. The molecule has 0 aromatic rings. The number of amides is 1. The minimum Gasteiger partial charge on any atom is -0.435 e. The first-order chi connectivity index (χ1) is 13.8. The van der Waals surface area contributed by atoms with Gasteiger partial charge in [0.05, 0.1) is 19.0 Å². The Labute approximate surface area is 177 Å². The van der Waals surface area contributed by atoms with E-state index in [1.54, 1.807) is 13.8 Å². The van der Waals surface area contributed by atoms with Crippen LogP contribution in [0.3, 0.4) is 0 Å². The van der Waals surface area contributed by atoms with Gasteiger partial charge in [-0.25, -0.2) is 9.59 Å². The number of carbonyl (C=O) groups excluding carboxylic acids is 3. The predicted octanol–water partition coefficient (Wildman–Crippen LogP) is 1.09. The second-order valence-electron chi connectivity index (χ2n) is 7.21. The van der Waals surface area contributed by atoms with Gasteiger partial charge in [0, 0.05) is 25.3 Å². The van der Waals surface area contributed by atoms with Crippen LogP contribution in [-0.4, -0.2) is 69.5 Å². The molecule has 0 bridgehead atoms. The van der Waals surface area contributed by atoms with Crippen molar-refractivity contribution < 1.29 is 46.3 Å². The van der Waals surface area contributed by atoms with Crippen LogP contribution in [0.15, 0.2) is 0 Å². The van der Waals surface area contributed by atoms with Gasteiger partial charge in [0.1, 0.15) is 0 Å². The number of ether oxygens (including phenoxy) is 3. The van der Waals surface area contributed by atoms with Gasteiger partial charge in [-0.1, -0.05) is 20.8 Å². The molecule has 0 aliphatic heterocycles. The van der Waals surface area contributed by atoms with Crippen molar-refractivity contribution in [2.45, 2.75) is 66.3 Å². The van der Waals surface area contributed by atoms with E-state index < -0.39 is 46.7 Å². The zero-order valence-electron chi connectivity index (χ0n) is 18.1. The Morgan fingerprint density at radius 3 is 2.30 bits per heavy atom. The number of aliphatic hydroxyl groups is 1. The fourth-order valence-electron chi connectivity index (χ4n) is 2.04. The number of hydrogen-bond donors (Lipinski definition) is 2. The number of esters is 1. The summed E-state index contributed by atoms with van der Waals surface area (Å²) in [5.41, 5.74) is -1.32. The summed E-state index contributed by atoms with van der Waals surface area (Å²) in [5, 5.41) is 12.8. The molecule has 1 amide bonds. The molecule has 12 heteroatoms. The molecule has 30 heavy (non-hydrogen) atoms. The van der Waals surface area contributed by atoms with Crippen molar-refractivity contribution in [3.05, 3.63) is 0 Å². The average Bonchev–Trinajstić information content (AvgIpc) is 2.63. The molecule has 0 saturated carbocycles. The van der Waals surface area contributed by atoms with E-state index >= 15 is 0 Å². The van der Waals surface area contributed by atoms with E-state index in [-0.39, 0.29) is 37.7 Å². The van der Waals surface area contributed by atoms with Gasteiger partial charge in [0.15, 0.2) is 6.10 Å². The highest BCUT2D eigenvalue weighted by Crippen LogP contribution is 2.24. The highest BCUT2D eigenvalue weighted by Gasteiger charge is 2.38. The number of aliphatic hydroxyl groups excluding tert-OH is 1. The third-order valence-corrected chi connectivity index (χ3v) is 5.05. The Kier molecular flexibility index (Phi) is 12.5. The van der Waals surface area contributed by atoms with Crippen LogP contribution in [0.2, 0.25) is 0 Å². The van der Waals surface area contributed by atoms with Gasteiger partial charge in [-0.2, -0.15) is 8.42 Å². The standard InChI is InChI=1S/C18H33NO10S/c1-6-9-14(29-17(23)26-7-2)28-16(22)15(21)18(4,5)12-27-30(24,25)11-8-10-19-13(3)20/h14-15,21H,6-12H2,1-5H3,(H,19,20)/t14?,15-/m0/s1.